The van der Waals surface area contributed by atoms with Gasteiger partial charge < -0.3 is 10.1 Å². The third-order valence-electron chi connectivity index (χ3n) is 3.55. The number of aromatic nitrogens is 3. The van der Waals surface area contributed by atoms with E-state index in [1.165, 1.54) is 13.2 Å². The molecule has 25 heavy (non-hydrogen) atoms. The average Bonchev–Trinajstić information content (AvgIpc) is 3.08. The van der Waals surface area contributed by atoms with Crippen LogP contribution in [0.4, 0.5) is 5.82 Å². The first-order valence-electron chi connectivity index (χ1n) is 7.51. The van der Waals surface area contributed by atoms with Crippen molar-refractivity contribution >= 4 is 11.7 Å². The molecule has 0 radical (unpaired) electrons. The lowest BCUT2D eigenvalue weighted by molar-refractivity contribution is 0.102. The number of nitriles is 1. The molecule has 7 heteroatoms. The Bertz CT molecular complexity index is 928. The van der Waals surface area contributed by atoms with Crippen LogP contribution in [0.2, 0.25) is 0 Å². The summed E-state index contributed by atoms with van der Waals surface area (Å²) in [5.41, 5.74) is 1.82. The molecule has 7 nitrogen and oxygen atoms in total. The predicted octanol–water partition coefficient (Wildman–Crippen LogP) is 2.46. The minimum atomic E-state index is -0.351. The SMILES string of the molecule is COc1cc(C#N)ccc1C(=O)Nc1ccn(Cc2ccncc2)n1. The van der Waals surface area contributed by atoms with Crippen molar-refractivity contribution in [3.8, 4) is 11.8 Å². The van der Waals surface area contributed by atoms with E-state index in [4.69, 9.17) is 10.00 Å². The Kier molecular flexibility index (Phi) is 4.72. The molecule has 1 amide bonds. The van der Waals surface area contributed by atoms with E-state index < -0.39 is 0 Å². The van der Waals surface area contributed by atoms with Gasteiger partial charge in [-0.1, -0.05) is 0 Å². The summed E-state index contributed by atoms with van der Waals surface area (Å²) in [6, 6.07) is 12.2. The number of amides is 1. The zero-order valence-corrected chi connectivity index (χ0v) is 13.5. The number of nitrogens with one attached hydrogen (secondary N) is 1. The van der Waals surface area contributed by atoms with Gasteiger partial charge in [0.2, 0.25) is 0 Å². The Morgan fingerprint density at radius 2 is 2.08 bits per heavy atom. The summed E-state index contributed by atoms with van der Waals surface area (Å²) in [4.78, 5) is 16.4. The maximum atomic E-state index is 12.4. The largest absolute Gasteiger partial charge is 0.496 e. The molecule has 3 rings (SSSR count). The topological polar surface area (TPSA) is 92.8 Å². The van der Waals surface area contributed by atoms with Gasteiger partial charge in [0, 0.05) is 24.7 Å². The van der Waals surface area contributed by atoms with E-state index in [1.54, 1.807) is 41.5 Å². The maximum absolute atomic E-state index is 12.4. The van der Waals surface area contributed by atoms with Crippen LogP contribution < -0.4 is 10.1 Å². The number of anilines is 1. The maximum Gasteiger partial charge on any atom is 0.260 e. The molecule has 0 saturated carbocycles. The second-order valence-electron chi connectivity index (χ2n) is 5.24. The fourth-order valence-corrected chi connectivity index (χ4v) is 2.32. The van der Waals surface area contributed by atoms with E-state index in [9.17, 15) is 4.79 Å². The molecule has 2 heterocycles. The average molecular weight is 333 g/mol. The molecule has 0 fully saturated rings. The quantitative estimate of drug-likeness (QED) is 0.774. The zero-order chi connectivity index (χ0) is 17.6. The van der Waals surface area contributed by atoms with Crippen molar-refractivity contribution in [3.63, 3.8) is 0 Å². The summed E-state index contributed by atoms with van der Waals surface area (Å²) in [6.07, 6.45) is 5.23. The van der Waals surface area contributed by atoms with Crippen LogP contribution in [0.1, 0.15) is 21.5 Å². The molecule has 0 unspecified atom stereocenters. The number of benzene rings is 1. The summed E-state index contributed by atoms with van der Waals surface area (Å²) >= 11 is 0. The minimum absolute atomic E-state index is 0.338. The summed E-state index contributed by atoms with van der Waals surface area (Å²) in [6.45, 7) is 0.582. The number of carbonyl (C=O) groups is 1. The fourth-order valence-electron chi connectivity index (χ4n) is 2.32. The lowest BCUT2D eigenvalue weighted by atomic mass is 10.1. The van der Waals surface area contributed by atoms with Crippen molar-refractivity contribution in [2.45, 2.75) is 6.54 Å². The van der Waals surface area contributed by atoms with Crippen LogP contribution >= 0.6 is 0 Å². The number of hydrogen-bond donors (Lipinski definition) is 1. The van der Waals surface area contributed by atoms with Crippen LogP contribution in [0, 0.1) is 11.3 Å². The number of rotatable bonds is 5. The summed E-state index contributed by atoms with van der Waals surface area (Å²) in [7, 11) is 1.46. The molecule has 0 bridgehead atoms. The van der Waals surface area contributed by atoms with Gasteiger partial charge in [-0.15, -0.1) is 0 Å². The fraction of sp³-hybridized carbons (Fsp3) is 0.111. The van der Waals surface area contributed by atoms with Gasteiger partial charge in [-0.2, -0.15) is 10.4 Å². The van der Waals surface area contributed by atoms with Crippen molar-refractivity contribution in [3.05, 3.63) is 71.7 Å². The molecule has 1 N–H and O–H groups in total. The number of methoxy groups -OCH3 is 1. The van der Waals surface area contributed by atoms with Crippen molar-refractivity contribution in [2.75, 3.05) is 12.4 Å². The lowest BCUT2D eigenvalue weighted by Crippen LogP contribution is -2.14. The zero-order valence-electron chi connectivity index (χ0n) is 13.5. The van der Waals surface area contributed by atoms with Crippen LogP contribution in [0.5, 0.6) is 5.75 Å². The Morgan fingerprint density at radius 3 is 2.80 bits per heavy atom. The standard InChI is InChI=1S/C18H15N5O2/c1-25-16-10-14(11-19)2-3-15(16)18(24)21-17-6-9-23(22-17)12-13-4-7-20-8-5-13/h2-10H,12H2,1H3,(H,21,22,24). The van der Waals surface area contributed by atoms with Crippen LogP contribution in [0.3, 0.4) is 0 Å². The summed E-state index contributed by atoms with van der Waals surface area (Å²) in [5.74, 6) is 0.425. The van der Waals surface area contributed by atoms with E-state index in [2.05, 4.69) is 15.4 Å². The highest BCUT2D eigenvalue weighted by atomic mass is 16.5. The molecule has 0 aliphatic heterocycles. The summed E-state index contributed by atoms with van der Waals surface area (Å²) < 4.78 is 6.91. The first kappa shape index (κ1) is 16.2. The number of ether oxygens (including phenoxy) is 1. The van der Waals surface area contributed by atoms with Gasteiger partial charge in [-0.3, -0.25) is 14.5 Å². The molecule has 2 aromatic heterocycles. The third kappa shape index (κ3) is 3.82. The van der Waals surface area contributed by atoms with Gasteiger partial charge in [-0.25, -0.2) is 0 Å². The number of pyridine rings is 1. The molecular weight excluding hydrogens is 318 g/mol. The van der Waals surface area contributed by atoms with Gasteiger partial charge in [0.05, 0.1) is 30.9 Å². The molecule has 0 spiro atoms. The molecule has 124 valence electrons. The minimum Gasteiger partial charge on any atom is -0.496 e. The van der Waals surface area contributed by atoms with E-state index in [1.807, 2.05) is 18.2 Å². The first-order valence-corrected chi connectivity index (χ1v) is 7.51. The van der Waals surface area contributed by atoms with Gasteiger partial charge in [0.25, 0.3) is 5.91 Å². The number of nitrogens with zero attached hydrogens (tertiary/aromatic N) is 4. The number of carbonyl (C=O) groups excluding carboxylic acids is 1. The Morgan fingerprint density at radius 1 is 1.28 bits per heavy atom. The highest BCUT2D eigenvalue weighted by Crippen LogP contribution is 2.21. The van der Waals surface area contributed by atoms with Crippen LogP contribution in [0.25, 0.3) is 0 Å². The van der Waals surface area contributed by atoms with Gasteiger partial charge >= 0.3 is 0 Å². The van der Waals surface area contributed by atoms with Crippen molar-refractivity contribution in [2.24, 2.45) is 0 Å². The molecule has 3 aromatic rings. The predicted molar refractivity (Wildman–Crippen MR) is 91.2 cm³/mol. The van der Waals surface area contributed by atoms with Crippen LogP contribution in [0.15, 0.2) is 55.0 Å². The molecular formula is C18H15N5O2. The third-order valence-corrected chi connectivity index (χ3v) is 3.55. The van der Waals surface area contributed by atoms with Crippen molar-refractivity contribution in [1.82, 2.24) is 14.8 Å². The van der Waals surface area contributed by atoms with Crippen LogP contribution in [-0.2, 0) is 6.54 Å². The second kappa shape index (κ2) is 7.27. The van der Waals surface area contributed by atoms with E-state index >= 15 is 0 Å². The van der Waals surface area contributed by atoms with E-state index in [-0.39, 0.29) is 5.91 Å². The monoisotopic (exact) mass is 333 g/mol. The molecule has 0 aliphatic rings. The molecule has 1 aromatic carbocycles. The smallest absolute Gasteiger partial charge is 0.260 e. The van der Waals surface area contributed by atoms with Gasteiger partial charge in [0.1, 0.15) is 5.75 Å². The van der Waals surface area contributed by atoms with Gasteiger partial charge in [-0.05, 0) is 35.9 Å². The normalized spacial score (nSPS) is 10.1. The second-order valence-corrected chi connectivity index (χ2v) is 5.24. The van der Waals surface area contributed by atoms with Crippen molar-refractivity contribution in [1.29, 1.82) is 5.26 Å². The molecule has 0 aliphatic carbocycles. The van der Waals surface area contributed by atoms with Crippen LogP contribution in [-0.4, -0.2) is 27.8 Å². The van der Waals surface area contributed by atoms with Crippen molar-refractivity contribution < 1.29 is 9.53 Å². The number of hydrogen-bond acceptors (Lipinski definition) is 5. The molecule has 0 saturated heterocycles. The van der Waals surface area contributed by atoms with E-state index in [0.717, 1.165) is 5.56 Å². The highest BCUT2D eigenvalue weighted by molar-refractivity contribution is 6.05. The lowest BCUT2D eigenvalue weighted by Gasteiger charge is -2.08. The Balaban J connectivity index is 1.73. The highest BCUT2D eigenvalue weighted by Gasteiger charge is 2.14. The summed E-state index contributed by atoms with van der Waals surface area (Å²) in [5, 5.41) is 16.0. The Labute approximate surface area is 144 Å². The van der Waals surface area contributed by atoms with E-state index in [0.29, 0.717) is 29.2 Å². The first-order chi connectivity index (χ1) is 12.2. The van der Waals surface area contributed by atoms with Gasteiger partial charge in [0.15, 0.2) is 5.82 Å². The molecule has 0 atom stereocenters. The Hall–Kier alpha value is -3.66.